The summed E-state index contributed by atoms with van der Waals surface area (Å²) in [5.74, 6) is 0.629. The number of aromatic nitrogens is 3. The van der Waals surface area contributed by atoms with Crippen LogP contribution in [0.3, 0.4) is 0 Å². The second-order valence-corrected chi connectivity index (χ2v) is 3.97. The Morgan fingerprint density at radius 2 is 1.94 bits per heavy atom. The van der Waals surface area contributed by atoms with Gasteiger partial charge in [0, 0.05) is 13.1 Å². The first-order chi connectivity index (χ1) is 8.63. The molecule has 102 valence electrons. The third-order valence-electron chi connectivity index (χ3n) is 2.93. The molecule has 0 radical (unpaired) electrons. The minimum atomic E-state index is -0.405. The number of aryl methyl sites for hydroxylation is 1. The van der Waals surface area contributed by atoms with E-state index >= 15 is 0 Å². The minimum Gasteiger partial charge on any atom is -0.460 e. The first-order valence-corrected chi connectivity index (χ1v) is 6.43. The first kappa shape index (κ1) is 14.6. The maximum atomic E-state index is 11.7. The van der Waals surface area contributed by atoms with Crippen LogP contribution in [0.25, 0.3) is 0 Å². The van der Waals surface area contributed by atoms with Gasteiger partial charge in [-0.05, 0) is 26.9 Å². The van der Waals surface area contributed by atoms with E-state index in [4.69, 9.17) is 4.74 Å². The molecule has 0 aliphatic carbocycles. The quantitative estimate of drug-likeness (QED) is 0.682. The molecule has 0 aliphatic rings. The third-order valence-corrected chi connectivity index (χ3v) is 2.93. The van der Waals surface area contributed by atoms with Crippen molar-refractivity contribution in [3.05, 3.63) is 11.6 Å². The number of esters is 1. The highest BCUT2D eigenvalue weighted by Crippen LogP contribution is 2.04. The maximum absolute atomic E-state index is 11.7. The highest BCUT2D eigenvalue weighted by molar-refractivity contribution is 5.85. The Hall–Kier alpha value is -1.43. The molecule has 0 bridgehead atoms. The van der Waals surface area contributed by atoms with Crippen LogP contribution in [0.1, 0.15) is 37.2 Å². The molecule has 0 fully saturated rings. The van der Waals surface area contributed by atoms with Crippen LogP contribution in [0.2, 0.25) is 0 Å². The van der Waals surface area contributed by atoms with Crippen LogP contribution in [0, 0.1) is 6.92 Å². The lowest BCUT2D eigenvalue weighted by atomic mass is 10.4. The largest absolute Gasteiger partial charge is 0.460 e. The standard InChI is InChI=1S/C12H22N4O2/c1-5-15(6-2)8-9-16-10(4)13-14-11(16)12(17)18-7-3/h5-9H2,1-4H3. The number of carbonyl (C=O) groups excluding carboxylic acids is 1. The number of nitrogens with zero attached hydrogens (tertiary/aromatic N) is 4. The van der Waals surface area contributed by atoms with E-state index in [2.05, 4.69) is 28.9 Å². The van der Waals surface area contributed by atoms with Crippen molar-refractivity contribution in [2.75, 3.05) is 26.2 Å². The zero-order valence-electron chi connectivity index (χ0n) is 11.6. The van der Waals surface area contributed by atoms with Gasteiger partial charge >= 0.3 is 5.97 Å². The van der Waals surface area contributed by atoms with Crippen molar-refractivity contribution in [2.24, 2.45) is 0 Å². The summed E-state index contributed by atoms with van der Waals surface area (Å²) < 4.78 is 6.78. The van der Waals surface area contributed by atoms with Crippen LogP contribution in [0.5, 0.6) is 0 Å². The molecule has 1 aromatic heterocycles. The number of hydrogen-bond donors (Lipinski definition) is 0. The van der Waals surface area contributed by atoms with E-state index in [1.165, 1.54) is 0 Å². The Kier molecular flexibility index (Phi) is 5.77. The molecular formula is C12H22N4O2. The van der Waals surface area contributed by atoms with Gasteiger partial charge in [0.2, 0.25) is 5.82 Å². The number of likely N-dealkylation sites (N-methyl/N-ethyl adjacent to an activating group) is 1. The SMILES string of the molecule is CCOC(=O)c1nnc(C)n1CCN(CC)CC. The Bertz CT molecular complexity index is 385. The van der Waals surface area contributed by atoms with Gasteiger partial charge in [-0.3, -0.25) is 0 Å². The lowest BCUT2D eigenvalue weighted by molar-refractivity contribution is 0.0504. The molecule has 0 saturated carbocycles. The summed E-state index contributed by atoms with van der Waals surface area (Å²) in [5, 5.41) is 7.83. The fourth-order valence-electron chi connectivity index (χ4n) is 1.78. The molecule has 0 N–H and O–H groups in total. The Labute approximate surface area is 108 Å². The molecule has 0 unspecified atom stereocenters. The minimum absolute atomic E-state index is 0.293. The normalized spacial score (nSPS) is 10.9. The molecule has 1 aromatic rings. The van der Waals surface area contributed by atoms with Gasteiger partial charge in [0.15, 0.2) is 0 Å². The van der Waals surface area contributed by atoms with Crippen LogP contribution in [-0.4, -0.2) is 51.9 Å². The van der Waals surface area contributed by atoms with Gasteiger partial charge in [0.25, 0.3) is 0 Å². The van der Waals surface area contributed by atoms with E-state index in [-0.39, 0.29) is 0 Å². The van der Waals surface area contributed by atoms with Crippen molar-refractivity contribution in [3.63, 3.8) is 0 Å². The highest BCUT2D eigenvalue weighted by Gasteiger charge is 2.17. The molecule has 18 heavy (non-hydrogen) atoms. The number of hydrogen-bond acceptors (Lipinski definition) is 5. The van der Waals surface area contributed by atoms with Crippen LogP contribution in [-0.2, 0) is 11.3 Å². The van der Waals surface area contributed by atoms with E-state index in [0.29, 0.717) is 19.0 Å². The van der Waals surface area contributed by atoms with Crippen molar-refractivity contribution in [1.29, 1.82) is 0 Å². The van der Waals surface area contributed by atoms with Crippen LogP contribution < -0.4 is 0 Å². The Morgan fingerprint density at radius 1 is 1.28 bits per heavy atom. The molecular weight excluding hydrogens is 232 g/mol. The predicted molar refractivity (Wildman–Crippen MR) is 68.5 cm³/mol. The maximum Gasteiger partial charge on any atom is 0.376 e. The van der Waals surface area contributed by atoms with Gasteiger partial charge in [-0.25, -0.2) is 4.79 Å². The monoisotopic (exact) mass is 254 g/mol. The van der Waals surface area contributed by atoms with Gasteiger partial charge in [0.05, 0.1) is 6.61 Å². The van der Waals surface area contributed by atoms with E-state index in [0.717, 1.165) is 25.5 Å². The molecule has 0 aromatic carbocycles. The molecule has 1 heterocycles. The summed E-state index contributed by atoms with van der Waals surface area (Å²) in [4.78, 5) is 14.0. The number of carbonyl (C=O) groups is 1. The fourth-order valence-corrected chi connectivity index (χ4v) is 1.78. The van der Waals surface area contributed by atoms with E-state index < -0.39 is 5.97 Å². The summed E-state index contributed by atoms with van der Waals surface area (Å²) in [6.45, 7) is 11.8. The van der Waals surface area contributed by atoms with E-state index in [1.54, 1.807) is 6.92 Å². The summed E-state index contributed by atoms with van der Waals surface area (Å²) in [7, 11) is 0. The zero-order valence-corrected chi connectivity index (χ0v) is 11.6. The smallest absolute Gasteiger partial charge is 0.376 e. The lowest BCUT2D eigenvalue weighted by Gasteiger charge is -2.18. The molecule has 6 nitrogen and oxygen atoms in total. The highest BCUT2D eigenvalue weighted by atomic mass is 16.5. The molecule has 0 amide bonds. The number of ether oxygens (including phenoxy) is 1. The summed E-state index contributed by atoms with van der Waals surface area (Å²) in [6, 6.07) is 0. The Morgan fingerprint density at radius 3 is 2.50 bits per heavy atom. The molecule has 1 rings (SSSR count). The predicted octanol–water partition coefficient (Wildman–Crippen LogP) is 1.11. The molecule has 0 saturated heterocycles. The Balaban J connectivity index is 2.75. The average Bonchev–Trinajstić information content (AvgIpc) is 2.73. The lowest BCUT2D eigenvalue weighted by Crippen LogP contribution is -2.28. The van der Waals surface area contributed by atoms with E-state index in [9.17, 15) is 4.79 Å². The topological polar surface area (TPSA) is 60.2 Å². The average molecular weight is 254 g/mol. The van der Waals surface area contributed by atoms with Crippen molar-refractivity contribution < 1.29 is 9.53 Å². The first-order valence-electron chi connectivity index (χ1n) is 6.43. The van der Waals surface area contributed by atoms with Crippen LogP contribution >= 0.6 is 0 Å². The van der Waals surface area contributed by atoms with Gasteiger partial charge in [-0.15, -0.1) is 10.2 Å². The molecule has 0 spiro atoms. The van der Waals surface area contributed by atoms with Gasteiger partial charge < -0.3 is 14.2 Å². The van der Waals surface area contributed by atoms with Gasteiger partial charge in [-0.2, -0.15) is 0 Å². The molecule has 0 atom stereocenters. The van der Waals surface area contributed by atoms with Crippen LogP contribution in [0.15, 0.2) is 0 Å². The summed E-state index contributed by atoms with van der Waals surface area (Å²) in [5.41, 5.74) is 0. The van der Waals surface area contributed by atoms with Gasteiger partial charge in [-0.1, -0.05) is 13.8 Å². The molecule has 0 aliphatic heterocycles. The summed E-state index contributed by atoms with van der Waals surface area (Å²) in [6.07, 6.45) is 0. The van der Waals surface area contributed by atoms with Crippen molar-refractivity contribution in [3.8, 4) is 0 Å². The van der Waals surface area contributed by atoms with E-state index in [1.807, 2.05) is 11.5 Å². The fraction of sp³-hybridized carbons (Fsp3) is 0.750. The molecule has 6 heteroatoms. The second kappa shape index (κ2) is 7.10. The summed E-state index contributed by atoms with van der Waals surface area (Å²) >= 11 is 0. The van der Waals surface area contributed by atoms with Crippen molar-refractivity contribution in [2.45, 2.75) is 34.2 Å². The van der Waals surface area contributed by atoms with Crippen molar-refractivity contribution in [1.82, 2.24) is 19.7 Å². The van der Waals surface area contributed by atoms with Crippen molar-refractivity contribution >= 4 is 5.97 Å². The third kappa shape index (κ3) is 3.53. The van der Waals surface area contributed by atoms with Crippen LogP contribution in [0.4, 0.5) is 0 Å². The second-order valence-electron chi connectivity index (χ2n) is 3.97. The zero-order chi connectivity index (χ0) is 13.5. The van der Waals surface area contributed by atoms with Gasteiger partial charge in [0.1, 0.15) is 5.82 Å². The number of rotatable bonds is 7.